The van der Waals surface area contributed by atoms with E-state index >= 15 is 0 Å². The van der Waals surface area contributed by atoms with Crippen LogP contribution in [-0.2, 0) is 0 Å². The first-order chi connectivity index (χ1) is 8.79. The highest BCUT2D eigenvalue weighted by Gasteiger charge is 2.10. The Bertz CT molecular complexity index is 691. The maximum Gasteiger partial charge on any atom is 0.203 e. The van der Waals surface area contributed by atoms with Crippen molar-refractivity contribution in [2.24, 2.45) is 0 Å². The van der Waals surface area contributed by atoms with E-state index < -0.39 is 0 Å². The predicted octanol–water partition coefficient (Wildman–Crippen LogP) is 2.54. The highest BCUT2D eigenvalue weighted by molar-refractivity contribution is 5.63. The molecule has 90 valence electrons. The van der Waals surface area contributed by atoms with Gasteiger partial charge in [-0.2, -0.15) is 0 Å². The first kappa shape index (κ1) is 10.7. The Labute approximate surface area is 103 Å². The van der Waals surface area contributed by atoms with E-state index in [4.69, 9.17) is 4.74 Å². The quantitative estimate of drug-likeness (QED) is 0.694. The van der Waals surface area contributed by atoms with Gasteiger partial charge in [0.1, 0.15) is 5.82 Å². The van der Waals surface area contributed by atoms with Crippen LogP contribution < -0.4 is 4.74 Å². The van der Waals surface area contributed by atoms with Crippen LogP contribution in [0.3, 0.4) is 0 Å². The minimum absolute atomic E-state index is 0.273. The summed E-state index contributed by atoms with van der Waals surface area (Å²) in [4.78, 5) is 0. The molecule has 0 aliphatic heterocycles. The molecule has 0 amide bonds. The molecule has 0 fully saturated rings. The molecule has 0 bridgehead atoms. The number of hydrogen-bond donors (Lipinski definition) is 0. The van der Waals surface area contributed by atoms with Crippen molar-refractivity contribution in [3.63, 3.8) is 0 Å². The van der Waals surface area contributed by atoms with E-state index in [2.05, 4.69) is 10.2 Å². The van der Waals surface area contributed by atoms with Gasteiger partial charge < -0.3 is 4.74 Å². The first-order valence-corrected chi connectivity index (χ1v) is 5.43. The van der Waals surface area contributed by atoms with Crippen molar-refractivity contribution in [1.82, 2.24) is 14.6 Å². The molecule has 0 saturated heterocycles. The van der Waals surface area contributed by atoms with Gasteiger partial charge in [-0.05, 0) is 36.4 Å². The molecule has 0 aliphatic rings. The number of nitrogens with zero attached hydrogens (tertiary/aromatic N) is 3. The predicted molar refractivity (Wildman–Crippen MR) is 64.9 cm³/mol. The standard InChI is InChI=1S/C13H10FN3O/c1-18-11-3-2-8-17-12(15-16-13(11)17)9-4-6-10(14)7-5-9/h2-8H,1H3. The van der Waals surface area contributed by atoms with Crippen molar-refractivity contribution < 1.29 is 9.13 Å². The summed E-state index contributed by atoms with van der Waals surface area (Å²) < 4.78 is 19.9. The molecule has 2 heterocycles. The summed E-state index contributed by atoms with van der Waals surface area (Å²) >= 11 is 0. The van der Waals surface area contributed by atoms with Crippen molar-refractivity contribution in [2.45, 2.75) is 0 Å². The van der Waals surface area contributed by atoms with Crippen molar-refractivity contribution in [1.29, 1.82) is 0 Å². The summed E-state index contributed by atoms with van der Waals surface area (Å²) in [5, 5.41) is 8.20. The molecule has 18 heavy (non-hydrogen) atoms. The second-order valence-electron chi connectivity index (χ2n) is 3.80. The number of halogens is 1. The van der Waals surface area contributed by atoms with Crippen LogP contribution in [0.15, 0.2) is 42.6 Å². The molecule has 0 radical (unpaired) electrons. The summed E-state index contributed by atoms with van der Waals surface area (Å²) in [6.45, 7) is 0. The summed E-state index contributed by atoms with van der Waals surface area (Å²) in [7, 11) is 1.58. The Hall–Kier alpha value is -2.43. The fourth-order valence-corrected chi connectivity index (χ4v) is 1.85. The molecule has 4 nitrogen and oxygen atoms in total. The third kappa shape index (κ3) is 1.60. The zero-order chi connectivity index (χ0) is 12.5. The fraction of sp³-hybridized carbons (Fsp3) is 0.0769. The molecule has 2 aromatic heterocycles. The van der Waals surface area contributed by atoms with Crippen LogP contribution in [0, 0.1) is 5.82 Å². The van der Waals surface area contributed by atoms with Gasteiger partial charge in [0, 0.05) is 11.8 Å². The van der Waals surface area contributed by atoms with Gasteiger partial charge in [0.25, 0.3) is 0 Å². The van der Waals surface area contributed by atoms with Crippen molar-refractivity contribution in [3.8, 4) is 17.1 Å². The third-order valence-corrected chi connectivity index (χ3v) is 2.72. The van der Waals surface area contributed by atoms with Crippen molar-refractivity contribution in [3.05, 3.63) is 48.4 Å². The van der Waals surface area contributed by atoms with E-state index in [0.29, 0.717) is 17.2 Å². The van der Waals surface area contributed by atoms with Gasteiger partial charge in [-0.25, -0.2) is 4.39 Å². The van der Waals surface area contributed by atoms with E-state index in [9.17, 15) is 4.39 Å². The summed E-state index contributed by atoms with van der Waals surface area (Å²) in [6, 6.07) is 9.81. The van der Waals surface area contributed by atoms with E-state index in [0.717, 1.165) is 5.56 Å². The van der Waals surface area contributed by atoms with Crippen LogP contribution >= 0.6 is 0 Å². The number of fused-ring (bicyclic) bond motifs is 1. The lowest BCUT2D eigenvalue weighted by molar-refractivity contribution is 0.417. The molecule has 0 aliphatic carbocycles. The fourth-order valence-electron chi connectivity index (χ4n) is 1.85. The number of aromatic nitrogens is 3. The monoisotopic (exact) mass is 243 g/mol. The van der Waals surface area contributed by atoms with Crippen LogP contribution in [0.4, 0.5) is 4.39 Å². The zero-order valence-corrected chi connectivity index (χ0v) is 9.67. The summed E-state index contributed by atoms with van der Waals surface area (Å²) in [6.07, 6.45) is 1.84. The molecular formula is C13H10FN3O. The average molecular weight is 243 g/mol. The molecular weight excluding hydrogens is 233 g/mol. The van der Waals surface area contributed by atoms with Crippen molar-refractivity contribution in [2.75, 3.05) is 7.11 Å². The van der Waals surface area contributed by atoms with Crippen molar-refractivity contribution >= 4 is 5.65 Å². The molecule has 3 rings (SSSR count). The Morgan fingerprint density at radius 2 is 1.89 bits per heavy atom. The molecule has 0 atom stereocenters. The Morgan fingerprint density at radius 1 is 1.11 bits per heavy atom. The van der Waals surface area contributed by atoms with Gasteiger partial charge in [0.15, 0.2) is 11.6 Å². The normalized spacial score (nSPS) is 10.8. The number of hydrogen-bond acceptors (Lipinski definition) is 3. The number of methoxy groups -OCH3 is 1. The zero-order valence-electron chi connectivity index (χ0n) is 9.67. The molecule has 5 heteroatoms. The van der Waals surface area contributed by atoms with Crippen LogP contribution in [0.1, 0.15) is 0 Å². The van der Waals surface area contributed by atoms with E-state index in [1.54, 1.807) is 19.2 Å². The number of pyridine rings is 1. The molecule has 0 saturated carbocycles. The average Bonchev–Trinajstić information content (AvgIpc) is 2.83. The molecule has 0 unspecified atom stereocenters. The lowest BCUT2D eigenvalue weighted by Gasteiger charge is -2.02. The van der Waals surface area contributed by atoms with Crippen LogP contribution in [0.5, 0.6) is 5.75 Å². The number of ether oxygens (including phenoxy) is 1. The number of benzene rings is 1. The van der Waals surface area contributed by atoms with Gasteiger partial charge in [0.2, 0.25) is 5.65 Å². The van der Waals surface area contributed by atoms with Crippen LogP contribution in [-0.4, -0.2) is 21.7 Å². The maximum atomic E-state index is 12.9. The lowest BCUT2D eigenvalue weighted by Crippen LogP contribution is -1.92. The largest absolute Gasteiger partial charge is 0.493 e. The third-order valence-electron chi connectivity index (χ3n) is 2.72. The van der Waals surface area contributed by atoms with Crippen LogP contribution in [0.25, 0.3) is 17.0 Å². The Kier molecular flexibility index (Phi) is 2.44. The van der Waals surface area contributed by atoms with E-state index in [-0.39, 0.29) is 5.82 Å². The van der Waals surface area contributed by atoms with Gasteiger partial charge in [-0.1, -0.05) is 0 Å². The van der Waals surface area contributed by atoms with Gasteiger partial charge in [-0.3, -0.25) is 4.40 Å². The summed E-state index contributed by atoms with van der Waals surface area (Å²) in [5.41, 5.74) is 1.44. The Balaban J connectivity index is 2.21. The first-order valence-electron chi connectivity index (χ1n) is 5.43. The number of rotatable bonds is 2. The summed E-state index contributed by atoms with van der Waals surface area (Å²) in [5.74, 6) is 1.03. The minimum Gasteiger partial charge on any atom is -0.493 e. The second-order valence-corrected chi connectivity index (χ2v) is 3.80. The molecule has 0 spiro atoms. The lowest BCUT2D eigenvalue weighted by atomic mass is 10.2. The van der Waals surface area contributed by atoms with E-state index in [1.165, 1.54) is 12.1 Å². The minimum atomic E-state index is -0.273. The highest BCUT2D eigenvalue weighted by Crippen LogP contribution is 2.23. The van der Waals surface area contributed by atoms with Gasteiger partial charge in [0.05, 0.1) is 7.11 Å². The second kappa shape index (κ2) is 4.10. The molecule has 0 N–H and O–H groups in total. The SMILES string of the molecule is COc1cccn2c(-c3ccc(F)cc3)nnc12. The maximum absolute atomic E-state index is 12.9. The molecule has 1 aromatic carbocycles. The molecule has 3 aromatic rings. The van der Waals surface area contributed by atoms with E-state index in [1.807, 2.05) is 22.7 Å². The highest BCUT2D eigenvalue weighted by atomic mass is 19.1. The Morgan fingerprint density at radius 3 is 2.61 bits per heavy atom. The smallest absolute Gasteiger partial charge is 0.203 e. The van der Waals surface area contributed by atoms with Crippen LogP contribution in [0.2, 0.25) is 0 Å². The van der Waals surface area contributed by atoms with Gasteiger partial charge in [-0.15, -0.1) is 10.2 Å². The van der Waals surface area contributed by atoms with Gasteiger partial charge >= 0.3 is 0 Å². The topological polar surface area (TPSA) is 39.4 Å².